The van der Waals surface area contributed by atoms with E-state index in [0.29, 0.717) is 102 Å². The van der Waals surface area contributed by atoms with Crippen LogP contribution < -0.4 is 25.8 Å². The number of amides is 3. The Kier molecular flexibility index (Phi) is 30.2. The fourth-order valence-electron chi connectivity index (χ4n) is 9.96. The Morgan fingerprint density at radius 3 is 1.68 bits per heavy atom. The van der Waals surface area contributed by atoms with E-state index in [1.54, 1.807) is 4.90 Å². The molecule has 27 nitrogen and oxygen atoms in total. The number of carbonyl (C=O) groups excluding carboxylic acids is 2. The smallest absolute Gasteiger partial charge is 0.326 e. The average Bonchev–Trinajstić information content (AvgIpc) is 3.63. The summed E-state index contributed by atoms with van der Waals surface area (Å²) in [7, 11) is 5.77. The quantitative estimate of drug-likeness (QED) is 0.0442. The second-order valence-corrected chi connectivity index (χ2v) is 21.6. The molecule has 2 aromatic rings. The Labute approximate surface area is 480 Å². The molecule has 2 fully saturated rings. The minimum absolute atomic E-state index is 0.0587. The summed E-state index contributed by atoms with van der Waals surface area (Å²) in [6, 6.07) is 4.17. The van der Waals surface area contributed by atoms with Gasteiger partial charge in [-0.3, -0.25) is 43.6 Å². The maximum absolute atomic E-state index is 12.3. The lowest BCUT2D eigenvalue weighted by Crippen LogP contribution is -2.52. The number of anilines is 2. The first-order valence-electron chi connectivity index (χ1n) is 28.6. The van der Waals surface area contributed by atoms with Crippen molar-refractivity contribution in [2.24, 2.45) is 0 Å². The van der Waals surface area contributed by atoms with Crippen molar-refractivity contribution in [2.75, 3.05) is 136 Å². The van der Waals surface area contributed by atoms with Gasteiger partial charge in [0.15, 0.2) is 0 Å². The number of carbonyl (C=O) groups is 8. The van der Waals surface area contributed by atoms with Crippen molar-refractivity contribution in [3.63, 3.8) is 0 Å². The van der Waals surface area contributed by atoms with Crippen molar-refractivity contribution in [3.05, 3.63) is 41.2 Å². The van der Waals surface area contributed by atoms with Crippen LogP contribution in [0.2, 0.25) is 0 Å². The highest BCUT2D eigenvalue weighted by Crippen LogP contribution is 2.20. The molecule has 0 bridgehead atoms. The Morgan fingerprint density at radius 1 is 0.573 bits per heavy atom. The van der Waals surface area contributed by atoms with Crippen LogP contribution >= 0.6 is 0 Å². The summed E-state index contributed by atoms with van der Waals surface area (Å²) in [5.41, 5.74) is 2.02. The number of unbranched alkanes of at least 4 members (excludes halogenated alkanes) is 8. The van der Waals surface area contributed by atoms with Gasteiger partial charge in [-0.2, -0.15) is 15.0 Å². The van der Waals surface area contributed by atoms with E-state index in [-0.39, 0.29) is 44.4 Å². The van der Waals surface area contributed by atoms with Gasteiger partial charge in [0, 0.05) is 118 Å². The Morgan fingerprint density at radius 2 is 1.11 bits per heavy atom. The van der Waals surface area contributed by atoms with Crippen molar-refractivity contribution in [2.45, 2.75) is 121 Å². The van der Waals surface area contributed by atoms with E-state index >= 15 is 0 Å². The third-order valence-electron chi connectivity index (χ3n) is 14.6. The highest BCUT2D eigenvalue weighted by molar-refractivity contribution is 5.86. The monoisotopic (exact) mass is 1160 g/mol. The van der Waals surface area contributed by atoms with Crippen LogP contribution in [0, 0.1) is 0 Å². The number of carboxylic acids is 6. The van der Waals surface area contributed by atoms with Crippen LogP contribution in [0.4, 0.5) is 16.7 Å². The molecular formula is C55H89N13O14. The van der Waals surface area contributed by atoms with E-state index in [1.807, 2.05) is 60.1 Å². The first-order chi connectivity index (χ1) is 39.1. The third-order valence-corrected chi connectivity index (χ3v) is 14.6. The lowest BCUT2D eigenvalue weighted by atomic mass is 10.0. The van der Waals surface area contributed by atoms with Crippen LogP contribution in [0.25, 0.3) is 0 Å². The zero-order valence-electron chi connectivity index (χ0n) is 48.1. The van der Waals surface area contributed by atoms with Crippen molar-refractivity contribution in [1.82, 2.24) is 55.4 Å². The van der Waals surface area contributed by atoms with Crippen LogP contribution in [0.1, 0.15) is 107 Å². The zero-order valence-corrected chi connectivity index (χ0v) is 48.1. The molecule has 1 unspecified atom stereocenters. The molecule has 0 saturated carbocycles. The Hall–Kier alpha value is -6.81. The number of nitrogens with one attached hydrogen (secondary N) is 3. The number of carboxylic acid groups (broad SMARTS) is 6. The van der Waals surface area contributed by atoms with Crippen molar-refractivity contribution < 1.29 is 69.0 Å². The second-order valence-electron chi connectivity index (χ2n) is 21.6. The van der Waals surface area contributed by atoms with E-state index in [2.05, 4.69) is 30.7 Å². The van der Waals surface area contributed by atoms with E-state index in [0.717, 1.165) is 95.2 Å². The van der Waals surface area contributed by atoms with Gasteiger partial charge in [0.1, 0.15) is 17.9 Å². The average molecular weight is 1160 g/mol. The molecule has 0 radical (unpaired) electrons. The molecular weight excluding hydrogens is 1070 g/mol. The van der Waals surface area contributed by atoms with Gasteiger partial charge in [-0.1, -0.05) is 62.8 Å². The number of aromatic nitrogens is 3. The van der Waals surface area contributed by atoms with Crippen LogP contribution in [0.15, 0.2) is 24.3 Å². The zero-order chi connectivity index (χ0) is 60.0. The number of likely N-dealkylation sites (N-methyl/N-ethyl adjacent to an activating group) is 1. The number of urea groups is 1. The summed E-state index contributed by atoms with van der Waals surface area (Å²) in [4.78, 5) is 123. The Bertz CT molecular complexity index is 2340. The lowest BCUT2D eigenvalue weighted by molar-refractivity contribution is -0.141. The highest BCUT2D eigenvalue weighted by atomic mass is 16.4. The lowest BCUT2D eigenvalue weighted by Gasteiger charge is -2.37. The molecule has 458 valence electrons. The van der Waals surface area contributed by atoms with Gasteiger partial charge < -0.3 is 61.3 Å². The minimum Gasteiger partial charge on any atom is -0.481 e. The predicted octanol–water partition coefficient (Wildman–Crippen LogP) is 1.53. The van der Waals surface area contributed by atoms with Crippen molar-refractivity contribution in [1.29, 1.82) is 0 Å². The molecule has 2 aliphatic rings. The fourth-order valence-corrected chi connectivity index (χ4v) is 9.96. The summed E-state index contributed by atoms with van der Waals surface area (Å²) >= 11 is 0. The number of hydrogen-bond donors (Lipinski definition) is 9. The maximum Gasteiger partial charge on any atom is 0.326 e. The third kappa shape index (κ3) is 27.3. The van der Waals surface area contributed by atoms with Gasteiger partial charge in [-0.05, 0) is 69.7 Å². The molecule has 2 saturated heterocycles. The largest absolute Gasteiger partial charge is 0.481 e. The summed E-state index contributed by atoms with van der Waals surface area (Å²) < 4.78 is 0. The molecule has 3 amide bonds. The summed E-state index contributed by atoms with van der Waals surface area (Å²) in [5.74, 6) is -5.08. The van der Waals surface area contributed by atoms with Gasteiger partial charge in [-0.25, -0.2) is 14.4 Å². The molecule has 82 heavy (non-hydrogen) atoms. The van der Waals surface area contributed by atoms with E-state index in [9.17, 15) is 63.9 Å². The van der Waals surface area contributed by atoms with Crippen LogP contribution in [0.3, 0.4) is 0 Å². The summed E-state index contributed by atoms with van der Waals surface area (Å²) in [6.45, 7) is 7.06. The van der Waals surface area contributed by atoms with Gasteiger partial charge in [0.05, 0.1) is 19.6 Å². The van der Waals surface area contributed by atoms with Gasteiger partial charge in [0.2, 0.25) is 17.8 Å². The minimum atomic E-state index is -1.48. The van der Waals surface area contributed by atoms with Gasteiger partial charge in [0.25, 0.3) is 0 Å². The second kappa shape index (κ2) is 36.6. The number of nitrogens with zero attached hydrogens (tertiary/aromatic N) is 10. The summed E-state index contributed by atoms with van der Waals surface area (Å²) in [6.07, 6.45) is 9.97. The van der Waals surface area contributed by atoms with Crippen molar-refractivity contribution >= 4 is 59.7 Å². The number of hydrogen-bond acceptors (Lipinski definition) is 18. The van der Waals surface area contributed by atoms with E-state index < -0.39 is 60.4 Å². The molecule has 0 aliphatic carbocycles. The molecule has 1 aromatic heterocycles. The Balaban J connectivity index is 1.14. The normalized spacial score (nSPS) is 17.2. The molecule has 3 atom stereocenters. The number of benzene rings is 1. The standard InChI is InChI=1S/C55H89N13O14/c1-62(2)53-59-45(35-41-18-16-40(17-19-41)34-42-36-63(3)24-25-65(37-48(72)73)26-27-66(38-49(74)75)30-33-68(42)39-50(76)77)60-54(61-53)67-31-28-64(29-32-67)23-13-9-7-5-4-6-8-10-15-46(69)56-22-12-11-14-43(51(78)79)57-55(82)58-44(52(80)81)20-21-47(70)71/h16-19,42-44H,4-15,20-39H2,1-3H3,(H,56,69)(H,70,71)(H,72,73)(H,74,75)(H,76,77)(H,78,79)(H,80,81)(H2,57,58,82)/t42?,43-,44-/m0/s1. The molecule has 9 N–H and O–H groups in total. The highest BCUT2D eigenvalue weighted by Gasteiger charge is 2.28. The van der Waals surface area contributed by atoms with E-state index in [1.165, 1.54) is 0 Å². The molecule has 4 rings (SSSR count). The number of aliphatic carboxylic acids is 6. The molecule has 2 aliphatic heterocycles. The number of piperazine rings is 1. The van der Waals surface area contributed by atoms with E-state index in [4.69, 9.17) is 20.1 Å². The first-order valence-corrected chi connectivity index (χ1v) is 28.6. The SMILES string of the molecule is CN1CCN(CC(=O)O)CCN(CC(=O)O)CCN(CC(=O)O)C(Cc2ccc(Cc3nc(N(C)C)nc(N4CCN(CCCCCCCCCCC(=O)NCCCC[C@H](NC(=O)N[C@@H](CCC(=O)O)C(=O)O)C(=O)O)CC4)n3)cc2)C1. The molecule has 3 heterocycles. The predicted molar refractivity (Wildman–Crippen MR) is 304 cm³/mol. The van der Waals surface area contributed by atoms with Crippen LogP contribution in [0.5, 0.6) is 0 Å². The molecule has 27 heteroatoms. The summed E-state index contributed by atoms with van der Waals surface area (Å²) in [5, 5.41) is 63.7. The maximum atomic E-state index is 12.3. The number of rotatable bonds is 35. The first kappa shape index (κ1) is 67.7. The van der Waals surface area contributed by atoms with Crippen molar-refractivity contribution in [3.8, 4) is 0 Å². The molecule has 1 aromatic carbocycles. The van der Waals surface area contributed by atoms with Gasteiger partial charge >= 0.3 is 41.8 Å². The van der Waals surface area contributed by atoms with Gasteiger partial charge in [-0.15, -0.1) is 0 Å². The topological polar surface area (TPSA) is 355 Å². The van der Waals surface area contributed by atoms with Crippen LogP contribution in [-0.2, 0) is 46.4 Å². The molecule has 0 spiro atoms. The fraction of sp³-hybridized carbons (Fsp3) is 0.691. The van der Waals surface area contributed by atoms with Crippen LogP contribution in [-0.4, -0.2) is 262 Å².